The standard InChI is InChI=1S/C46H24O2S2/c1-5-13-37-33(11-1)41-25(23-35-29(43(41)47-37)19-21-31-27-9-3-7-15-39(27)49-45(31)35)17-18-26-24-36-30(44-42(26)34-12-2-6-14-38(34)48-44)20-22-32-28-10-4-8-16-40(28)50-46(32)36/h1-24H/b18-17+. The minimum atomic E-state index is 0.905. The molecule has 0 unspecified atom stereocenters. The van der Waals surface area contributed by atoms with Gasteiger partial charge in [-0.3, -0.25) is 0 Å². The molecule has 0 N–H and O–H groups in total. The molecule has 0 atom stereocenters. The molecule has 12 rings (SSSR count). The van der Waals surface area contributed by atoms with E-state index >= 15 is 0 Å². The van der Waals surface area contributed by atoms with Gasteiger partial charge in [-0.2, -0.15) is 0 Å². The first kappa shape index (κ1) is 26.9. The van der Waals surface area contributed by atoms with Crippen LogP contribution in [0.25, 0.3) is 118 Å². The lowest BCUT2D eigenvalue weighted by atomic mass is 9.96. The van der Waals surface area contributed by atoms with Crippen LogP contribution in [-0.4, -0.2) is 0 Å². The van der Waals surface area contributed by atoms with E-state index in [2.05, 4.69) is 146 Å². The van der Waals surface area contributed by atoms with Crippen molar-refractivity contribution in [2.45, 2.75) is 0 Å². The molecule has 50 heavy (non-hydrogen) atoms. The van der Waals surface area contributed by atoms with Gasteiger partial charge in [0, 0.05) is 83.4 Å². The van der Waals surface area contributed by atoms with E-state index in [1.54, 1.807) is 0 Å². The third-order valence-corrected chi connectivity index (χ3v) is 12.9. The van der Waals surface area contributed by atoms with E-state index in [9.17, 15) is 0 Å². The molecule has 0 saturated heterocycles. The van der Waals surface area contributed by atoms with Gasteiger partial charge in [0.05, 0.1) is 0 Å². The number of rotatable bonds is 2. The summed E-state index contributed by atoms with van der Waals surface area (Å²) in [6.45, 7) is 0. The average molecular weight is 673 g/mol. The maximum Gasteiger partial charge on any atom is 0.143 e. The summed E-state index contributed by atoms with van der Waals surface area (Å²) in [5.74, 6) is 0. The van der Waals surface area contributed by atoms with Gasteiger partial charge in [0.2, 0.25) is 0 Å². The summed E-state index contributed by atoms with van der Waals surface area (Å²) in [4.78, 5) is 0. The Morgan fingerprint density at radius 2 is 0.760 bits per heavy atom. The smallest absolute Gasteiger partial charge is 0.143 e. The zero-order valence-electron chi connectivity index (χ0n) is 26.5. The van der Waals surface area contributed by atoms with E-state index in [-0.39, 0.29) is 0 Å². The van der Waals surface area contributed by atoms with Crippen molar-refractivity contribution in [3.8, 4) is 0 Å². The summed E-state index contributed by atoms with van der Waals surface area (Å²) in [5.41, 5.74) is 5.97. The van der Waals surface area contributed by atoms with Gasteiger partial charge in [-0.15, -0.1) is 22.7 Å². The molecule has 0 amide bonds. The second-order valence-electron chi connectivity index (χ2n) is 13.1. The molecule has 0 fully saturated rings. The number of furan rings is 2. The van der Waals surface area contributed by atoms with Crippen molar-refractivity contribution in [1.82, 2.24) is 0 Å². The van der Waals surface area contributed by atoms with Gasteiger partial charge < -0.3 is 8.83 Å². The molecule has 4 aromatic heterocycles. The van der Waals surface area contributed by atoms with E-state index in [4.69, 9.17) is 8.83 Å². The highest BCUT2D eigenvalue weighted by Crippen LogP contribution is 2.46. The highest BCUT2D eigenvalue weighted by Gasteiger charge is 2.19. The number of hydrogen-bond acceptors (Lipinski definition) is 4. The topological polar surface area (TPSA) is 26.3 Å². The SMILES string of the molecule is C(=C\c1cc2c(ccc3c4ccccc4sc32)c2oc3ccccc3c12)/c1cc2c(ccc3c4ccccc4sc32)c2oc3ccccc3c12. The molecule has 0 aliphatic heterocycles. The van der Waals surface area contributed by atoms with E-state index < -0.39 is 0 Å². The fourth-order valence-electron chi connectivity index (χ4n) is 8.24. The van der Waals surface area contributed by atoms with Crippen LogP contribution in [0.4, 0.5) is 0 Å². The monoisotopic (exact) mass is 672 g/mol. The molecule has 0 aliphatic carbocycles. The van der Waals surface area contributed by atoms with Crippen LogP contribution in [0.15, 0.2) is 142 Å². The van der Waals surface area contributed by atoms with Crippen molar-refractivity contribution >= 4 is 141 Å². The maximum atomic E-state index is 6.69. The van der Waals surface area contributed by atoms with Crippen molar-refractivity contribution in [1.29, 1.82) is 0 Å². The van der Waals surface area contributed by atoms with Crippen LogP contribution in [0.3, 0.4) is 0 Å². The number of benzene rings is 8. The Hall–Kier alpha value is -5.94. The number of thiophene rings is 2. The normalized spacial score (nSPS) is 12.7. The molecule has 4 heteroatoms. The maximum absolute atomic E-state index is 6.69. The molecule has 232 valence electrons. The van der Waals surface area contributed by atoms with Crippen molar-refractivity contribution < 1.29 is 8.83 Å². The molecular weight excluding hydrogens is 649 g/mol. The zero-order valence-corrected chi connectivity index (χ0v) is 28.1. The lowest BCUT2D eigenvalue weighted by molar-refractivity contribution is 0.672. The predicted octanol–water partition coefficient (Wildman–Crippen LogP) is 14.7. The van der Waals surface area contributed by atoms with Gasteiger partial charge >= 0.3 is 0 Å². The zero-order chi connectivity index (χ0) is 32.5. The second kappa shape index (κ2) is 9.82. The summed E-state index contributed by atoms with van der Waals surface area (Å²) < 4.78 is 18.6. The van der Waals surface area contributed by atoms with Crippen molar-refractivity contribution in [3.63, 3.8) is 0 Å². The molecule has 0 aliphatic rings. The third-order valence-electron chi connectivity index (χ3n) is 10.5. The van der Waals surface area contributed by atoms with Gasteiger partial charge in [-0.05, 0) is 59.7 Å². The highest BCUT2D eigenvalue weighted by atomic mass is 32.1. The predicted molar refractivity (Wildman–Crippen MR) is 217 cm³/mol. The summed E-state index contributed by atoms with van der Waals surface area (Å²) in [7, 11) is 0. The molecule has 0 spiro atoms. The summed E-state index contributed by atoms with van der Waals surface area (Å²) in [6.07, 6.45) is 4.59. The van der Waals surface area contributed by atoms with Crippen molar-refractivity contribution in [3.05, 3.63) is 145 Å². The van der Waals surface area contributed by atoms with E-state index in [0.29, 0.717) is 0 Å². The third kappa shape index (κ3) is 3.56. The first-order valence-corrected chi connectivity index (χ1v) is 18.5. The molecule has 0 saturated carbocycles. The van der Waals surface area contributed by atoms with Crippen LogP contribution in [0.5, 0.6) is 0 Å². The Labute approximate surface area is 292 Å². The van der Waals surface area contributed by atoms with Crippen LogP contribution in [-0.2, 0) is 0 Å². The lowest BCUT2D eigenvalue weighted by Crippen LogP contribution is -1.83. The van der Waals surface area contributed by atoms with Crippen LogP contribution in [0.2, 0.25) is 0 Å². The Morgan fingerprint density at radius 3 is 1.24 bits per heavy atom. The summed E-state index contributed by atoms with van der Waals surface area (Å²) in [5, 5.41) is 14.5. The number of hydrogen-bond donors (Lipinski definition) is 0. The van der Waals surface area contributed by atoms with Crippen LogP contribution < -0.4 is 0 Å². The summed E-state index contributed by atoms with van der Waals surface area (Å²) in [6, 6.07) is 48.0. The number of fused-ring (bicyclic) bond motifs is 18. The van der Waals surface area contributed by atoms with Crippen LogP contribution in [0, 0.1) is 0 Å². The molecule has 0 radical (unpaired) electrons. The van der Waals surface area contributed by atoms with Gasteiger partial charge in [0.25, 0.3) is 0 Å². The van der Waals surface area contributed by atoms with Gasteiger partial charge in [-0.25, -0.2) is 0 Å². The van der Waals surface area contributed by atoms with Crippen molar-refractivity contribution in [2.75, 3.05) is 0 Å². The molecule has 0 bridgehead atoms. The second-order valence-corrected chi connectivity index (χ2v) is 15.2. The Balaban J connectivity index is 1.19. The van der Waals surface area contributed by atoms with E-state index in [1.165, 1.54) is 51.1 Å². The minimum Gasteiger partial charge on any atom is -0.455 e. The van der Waals surface area contributed by atoms with Crippen molar-refractivity contribution in [2.24, 2.45) is 0 Å². The first-order chi connectivity index (χ1) is 24.8. The molecule has 4 heterocycles. The van der Waals surface area contributed by atoms with E-state index in [1.807, 2.05) is 22.7 Å². The fourth-order valence-corrected chi connectivity index (χ4v) is 10.7. The molecular formula is C46H24O2S2. The van der Waals surface area contributed by atoms with E-state index in [0.717, 1.165) is 65.8 Å². The first-order valence-electron chi connectivity index (χ1n) is 16.8. The molecule has 12 aromatic rings. The van der Waals surface area contributed by atoms with Gasteiger partial charge in [-0.1, -0.05) is 97.1 Å². The Kier molecular flexibility index (Phi) is 5.29. The molecule has 8 aromatic carbocycles. The van der Waals surface area contributed by atoms with Gasteiger partial charge in [0.15, 0.2) is 0 Å². The largest absolute Gasteiger partial charge is 0.455 e. The van der Waals surface area contributed by atoms with Crippen LogP contribution in [0.1, 0.15) is 11.1 Å². The Bertz CT molecular complexity index is 3210. The fraction of sp³-hybridized carbons (Fsp3) is 0. The number of para-hydroxylation sites is 2. The average Bonchev–Trinajstić information content (AvgIpc) is 3.94. The molecule has 2 nitrogen and oxygen atoms in total. The highest BCUT2D eigenvalue weighted by molar-refractivity contribution is 7.27. The minimum absolute atomic E-state index is 0.905. The lowest BCUT2D eigenvalue weighted by Gasteiger charge is -2.07. The van der Waals surface area contributed by atoms with Gasteiger partial charge in [0.1, 0.15) is 22.3 Å². The quantitative estimate of drug-likeness (QED) is 0.171. The summed E-state index contributed by atoms with van der Waals surface area (Å²) >= 11 is 3.72. The van der Waals surface area contributed by atoms with Crippen LogP contribution >= 0.6 is 22.7 Å². The Morgan fingerprint density at radius 1 is 0.360 bits per heavy atom.